The van der Waals surface area contributed by atoms with Crippen molar-refractivity contribution in [1.82, 2.24) is 9.55 Å². The highest BCUT2D eigenvalue weighted by atomic mass is 19.1. The highest BCUT2D eigenvalue weighted by molar-refractivity contribution is 5.83. The Kier molecular flexibility index (Phi) is 4.21. The first-order chi connectivity index (χ1) is 9.85. The lowest BCUT2D eigenvalue weighted by Gasteiger charge is -2.17. The van der Waals surface area contributed by atoms with Gasteiger partial charge in [-0.25, -0.2) is 14.0 Å². The lowest BCUT2D eigenvalue weighted by Crippen LogP contribution is -2.36. The molecule has 2 heterocycles. The zero-order valence-electron chi connectivity index (χ0n) is 11.2. The van der Waals surface area contributed by atoms with Gasteiger partial charge in [0, 0.05) is 0 Å². The van der Waals surface area contributed by atoms with Crippen LogP contribution in [-0.4, -0.2) is 51.3 Å². The van der Waals surface area contributed by atoms with Crippen molar-refractivity contribution < 1.29 is 28.9 Å². The number of carbonyl (C=O) groups is 1. The molecule has 10 heteroatoms. The Hall–Kier alpha value is -2.04. The largest absolute Gasteiger partial charge is 0.453 e. The molecule has 1 aromatic heterocycles. The lowest BCUT2D eigenvalue weighted by molar-refractivity contribution is -0.0355. The number of aliphatic hydroxyl groups excluding tert-OH is 2. The number of amides is 1. The minimum atomic E-state index is -1.40. The Morgan fingerprint density at radius 3 is 2.71 bits per heavy atom. The van der Waals surface area contributed by atoms with E-state index in [0.717, 1.165) is 13.3 Å². The molecule has 0 saturated carbocycles. The van der Waals surface area contributed by atoms with E-state index in [0.29, 0.717) is 4.57 Å². The Morgan fingerprint density at radius 2 is 2.19 bits per heavy atom. The number of methoxy groups -OCH3 is 1. The molecule has 0 spiro atoms. The van der Waals surface area contributed by atoms with Gasteiger partial charge in [-0.3, -0.25) is 9.88 Å². The molecule has 116 valence electrons. The summed E-state index contributed by atoms with van der Waals surface area (Å²) in [6.45, 7) is 1.50. The van der Waals surface area contributed by atoms with Gasteiger partial charge in [0.05, 0.1) is 19.4 Å². The number of rotatable bonds is 2. The number of ether oxygens (including phenoxy) is 2. The minimum Gasteiger partial charge on any atom is -0.453 e. The SMILES string of the molecule is COC(=O)Nc1nc(=O)n(C2OC(C)C(O)C2O)cc1F. The van der Waals surface area contributed by atoms with Gasteiger partial charge in [-0.2, -0.15) is 4.98 Å². The average Bonchev–Trinajstić information content (AvgIpc) is 2.70. The van der Waals surface area contributed by atoms with Crippen molar-refractivity contribution >= 4 is 11.9 Å². The molecule has 2 rings (SSSR count). The predicted octanol–water partition coefficient (Wildman–Crippen LogP) is -0.800. The van der Waals surface area contributed by atoms with Crippen LogP contribution in [0.3, 0.4) is 0 Å². The number of nitrogens with zero attached hydrogens (tertiary/aromatic N) is 2. The number of carbonyl (C=O) groups excluding carboxylic acids is 1. The molecule has 3 N–H and O–H groups in total. The van der Waals surface area contributed by atoms with Crippen molar-refractivity contribution in [2.45, 2.75) is 31.5 Å². The third-order valence-electron chi connectivity index (χ3n) is 3.06. The van der Waals surface area contributed by atoms with Gasteiger partial charge in [-0.15, -0.1) is 0 Å². The molecular weight excluding hydrogens is 289 g/mol. The summed E-state index contributed by atoms with van der Waals surface area (Å²) < 4.78 is 24.0. The van der Waals surface area contributed by atoms with Gasteiger partial charge in [0.1, 0.15) is 12.2 Å². The van der Waals surface area contributed by atoms with Crippen molar-refractivity contribution in [3.05, 3.63) is 22.5 Å². The van der Waals surface area contributed by atoms with E-state index in [-0.39, 0.29) is 0 Å². The monoisotopic (exact) mass is 303 g/mol. The van der Waals surface area contributed by atoms with Gasteiger partial charge in [0.2, 0.25) is 0 Å². The Labute approximate surface area is 117 Å². The highest BCUT2D eigenvalue weighted by Crippen LogP contribution is 2.28. The average molecular weight is 303 g/mol. The van der Waals surface area contributed by atoms with E-state index in [4.69, 9.17) is 4.74 Å². The molecule has 1 fully saturated rings. The molecule has 1 aliphatic heterocycles. The number of aliphatic hydroxyl groups is 2. The number of anilines is 1. The van der Waals surface area contributed by atoms with Crippen LogP contribution < -0.4 is 11.0 Å². The van der Waals surface area contributed by atoms with Crippen LogP contribution in [0.5, 0.6) is 0 Å². The van der Waals surface area contributed by atoms with Crippen LogP contribution >= 0.6 is 0 Å². The van der Waals surface area contributed by atoms with E-state index in [2.05, 4.69) is 9.72 Å². The molecule has 0 aromatic carbocycles. The third kappa shape index (κ3) is 2.86. The first kappa shape index (κ1) is 15.4. The van der Waals surface area contributed by atoms with Crippen molar-refractivity contribution in [3.63, 3.8) is 0 Å². The summed E-state index contributed by atoms with van der Waals surface area (Å²) in [7, 11) is 1.07. The Balaban J connectivity index is 2.33. The van der Waals surface area contributed by atoms with E-state index in [1.165, 1.54) is 6.92 Å². The maximum Gasteiger partial charge on any atom is 0.412 e. The van der Waals surface area contributed by atoms with E-state index in [1.54, 1.807) is 0 Å². The first-order valence-electron chi connectivity index (χ1n) is 6.00. The van der Waals surface area contributed by atoms with E-state index >= 15 is 0 Å². The molecule has 9 nitrogen and oxygen atoms in total. The minimum absolute atomic E-state index is 0.607. The molecule has 0 bridgehead atoms. The predicted molar refractivity (Wildman–Crippen MR) is 66.1 cm³/mol. The number of aromatic nitrogens is 2. The quantitative estimate of drug-likeness (QED) is 0.653. The number of hydrogen-bond acceptors (Lipinski definition) is 7. The van der Waals surface area contributed by atoms with Crippen LogP contribution in [0.15, 0.2) is 11.0 Å². The second kappa shape index (κ2) is 5.76. The summed E-state index contributed by atoms with van der Waals surface area (Å²) in [5.74, 6) is -1.63. The summed E-state index contributed by atoms with van der Waals surface area (Å²) in [5.41, 5.74) is -0.965. The second-order valence-electron chi connectivity index (χ2n) is 4.46. The molecule has 0 radical (unpaired) electrons. The van der Waals surface area contributed by atoms with Crippen molar-refractivity contribution in [1.29, 1.82) is 0 Å². The highest BCUT2D eigenvalue weighted by Gasteiger charge is 2.42. The number of halogens is 1. The van der Waals surface area contributed by atoms with Crippen LogP contribution in [-0.2, 0) is 9.47 Å². The molecule has 1 aliphatic rings. The van der Waals surface area contributed by atoms with Gasteiger partial charge in [-0.1, -0.05) is 0 Å². The van der Waals surface area contributed by atoms with Crippen LogP contribution in [0.4, 0.5) is 15.0 Å². The summed E-state index contributed by atoms with van der Waals surface area (Å²) in [6.07, 6.45) is -4.88. The van der Waals surface area contributed by atoms with Crippen molar-refractivity contribution in [2.75, 3.05) is 12.4 Å². The van der Waals surface area contributed by atoms with Gasteiger partial charge >= 0.3 is 11.8 Å². The Morgan fingerprint density at radius 1 is 1.52 bits per heavy atom. The van der Waals surface area contributed by atoms with Gasteiger partial charge in [0.25, 0.3) is 0 Å². The van der Waals surface area contributed by atoms with E-state index < -0.39 is 48.0 Å². The Bertz CT molecular complexity index is 606. The maximum absolute atomic E-state index is 13.8. The fraction of sp³-hybridized carbons (Fsp3) is 0.545. The third-order valence-corrected chi connectivity index (χ3v) is 3.06. The summed E-state index contributed by atoms with van der Waals surface area (Å²) >= 11 is 0. The molecule has 1 aromatic rings. The van der Waals surface area contributed by atoms with Crippen LogP contribution in [0, 0.1) is 5.82 Å². The van der Waals surface area contributed by atoms with E-state index in [1.807, 2.05) is 5.32 Å². The second-order valence-corrected chi connectivity index (χ2v) is 4.46. The number of nitrogens with one attached hydrogen (secondary N) is 1. The van der Waals surface area contributed by atoms with Gasteiger partial charge in [-0.05, 0) is 6.92 Å². The smallest absolute Gasteiger partial charge is 0.412 e. The van der Waals surface area contributed by atoms with Crippen molar-refractivity contribution in [2.24, 2.45) is 0 Å². The summed E-state index contributed by atoms with van der Waals surface area (Å²) in [6, 6.07) is 0. The summed E-state index contributed by atoms with van der Waals surface area (Å²) in [5, 5.41) is 21.3. The molecule has 4 atom stereocenters. The van der Waals surface area contributed by atoms with E-state index in [9.17, 15) is 24.2 Å². The van der Waals surface area contributed by atoms with Crippen molar-refractivity contribution in [3.8, 4) is 0 Å². The lowest BCUT2D eigenvalue weighted by atomic mass is 10.1. The zero-order valence-corrected chi connectivity index (χ0v) is 11.2. The molecule has 21 heavy (non-hydrogen) atoms. The summed E-state index contributed by atoms with van der Waals surface area (Å²) in [4.78, 5) is 26.1. The molecule has 0 aliphatic carbocycles. The fourth-order valence-electron chi connectivity index (χ4n) is 1.92. The standard InChI is InChI=1S/C11H14FN3O6/c1-4-6(16)7(17)9(21-4)15-3-5(12)8(13-10(15)18)14-11(19)20-2/h3-4,6-7,9,16-17H,1-2H3,(H,13,14,18,19). The van der Waals surface area contributed by atoms with Crippen LogP contribution in [0.1, 0.15) is 13.2 Å². The van der Waals surface area contributed by atoms with Gasteiger partial charge in [0.15, 0.2) is 17.9 Å². The molecular formula is C11H14FN3O6. The van der Waals surface area contributed by atoms with Gasteiger partial charge < -0.3 is 19.7 Å². The normalized spacial score (nSPS) is 28.4. The fourth-order valence-corrected chi connectivity index (χ4v) is 1.92. The van der Waals surface area contributed by atoms with Crippen LogP contribution in [0.25, 0.3) is 0 Å². The molecule has 1 saturated heterocycles. The molecule has 1 amide bonds. The first-order valence-corrected chi connectivity index (χ1v) is 6.00. The van der Waals surface area contributed by atoms with Crippen LogP contribution in [0.2, 0.25) is 0 Å². The topological polar surface area (TPSA) is 123 Å². The number of hydrogen-bond donors (Lipinski definition) is 3. The molecule has 4 unspecified atom stereocenters. The maximum atomic E-state index is 13.8. The zero-order chi connectivity index (χ0) is 15.7.